The van der Waals surface area contributed by atoms with Crippen LogP contribution < -0.4 is 4.74 Å². The van der Waals surface area contributed by atoms with E-state index in [1.807, 2.05) is 34.2 Å². The number of allylic oxidation sites excluding steroid dienone is 1. The molecule has 0 aliphatic rings. The van der Waals surface area contributed by atoms with Crippen molar-refractivity contribution in [2.75, 3.05) is 7.11 Å². The van der Waals surface area contributed by atoms with Crippen LogP contribution in [0.4, 0.5) is 4.39 Å². The molecule has 4 aromatic rings. The molecule has 2 aromatic carbocycles. The Morgan fingerprint density at radius 2 is 2.07 bits per heavy atom. The van der Waals surface area contributed by atoms with Gasteiger partial charge in [0.05, 0.1) is 18.4 Å². The van der Waals surface area contributed by atoms with E-state index < -0.39 is 0 Å². The van der Waals surface area contributed by atoms with E-state index in [-0.39, 0.29) is 5.82 Å². The van der Waals surface area contributed by atoms with Gasteiger partial charge in [-0.3, -0.25) is 4.57 Å². The Bertz CT molecular complexity index is 1170. The Kier molecular flexibility index (Phi) is 6.25. The summed E-state index contributed by atoms with van der Waals surface area (Å²) in [5, 5.41) is 12.2. The number of benzene rings is 2. The summed E-state index contributed by atoms with van der Waals surface area (Å²) in [4.78, 5) is 4.73. The first-order valence-corrected chi connectivity index (χ1v) is 11.1. The van der Waals surface area contributed by atoms with E-state index in [9.17, 15) is 4.39 Å². The molecule has 0 radical (unpaired) electrons. The Balaban J connectivity index is 1.54. The highest BCUT2D eigenvalue weighted by Gasteiger charge is 2.17. The van der Waals surface area contributed by atoms with Gasteiger partial charge in [0.2, 0.25) is 0 Å². The number of hydrogen-bond acceptors (Lipinski definition) is 6. The molecule has 0 amide bonds. The molecule has 8 heteroatoms. The molecule has 0 aliphatic carbocycles. The molecule has 30 heavy (non-hydrogen) atoms. The average Bonchev–Trinajstić information content (AvgIpc) is 3.40. The summed E-state index contributed by atoms with van der Waals surface area (Å²) in [6.07, 6.45) is 1.75. The maximum absolute atomic E-state index is 14.2. The number of thioether (sulfide) groups is 1. The smallest absolute Gasteiger partial charge is 0.192 e. The molecule has 0 atom stereocenters. The number of nitrogens with zero attached hydrogens (tertiary/aromatic N) is 4. The summed E-state index contributed by atoms with van der Waals surface area (Å²) in [5.41, 5.74) is 2.39. The number of halogens is 1. The molecule has 0 N–H and O–H groups in total. The summed E-state index contributed by atoms with van der Waals surface area (Å²) in [6.45, 7) is 4.29. The third-order valence-electron chi connectivity index (χ3n) is 4.36. The molecule has 4 rings (SSSR count). The first-order chi connectivity index (χ1) is 14.7. The lowest BCUT2D eigenvalue weighted by Crippen LogP contribution is -2.01. The Morgan fingerprint density at radius 3 is 2.87 bits per heavy atom. The van der Waals surface area contributed by atoms with E-state index in [0.29, 0.717) is 28.8 Å². The van der Waals surface area contributed by atoms with Gasteiger partial charge < -0.3 is 4.74 Å². The summed E-state index contributed by atoms with van der Waals surface area (Å²) in [5.74, 6) is 1.60. The highest BCUT2D eigenvalue weighted by atomic mass is 32.2. The molecular formula is C22H19FN4OS2. The number of rotatable bonds is 8. The van der Waals surface area contributed by atoms with Crippen molar-refractivity contribution < 1.29 is 9.13 Å². The van der Waals surface area contributed by atoms with E-state index in [1.165, 1.54) is 17.8 Å². The van der Waals surface area contributed by atoms with Crippen molar-refractivity contribution in [3.8, 4) is 27.7 Å². The van der Waals surface area contributed by atoms with Crippen molar-refractivity contribution in [2.45, 2.75) is 17.5 Å². The molecule has 152 valence electrons. The Morgan fingerprint density at radius 1 is 1.20 bits per heavy atom. The van der Waals surface area contributed by atoms with Gasteiger partial charge in [-0.1, -0.05) is 42.1 Å². The number of thiazole rings is 1. The molecule has 0 saturated carbocycles. The normalized spacial score (nSPS) is 10.9. The number of hydrogen-bond donors (Lipinski definition) is 0. The van der Waals surface area contributed by atoms with Crippen LogP contribution in [0.5, 0.6) is 5.75 Å². The van der Waals surface area contributed by atoms with Crippen LogP contribution in [0.1, 0.15) is 5.69 Å². The number of methoxy groups -OCH3 is 1. The van der Waals surface area contributed by atoms with Gasteiger partial charge in [-0.2, -0.15) is 0 Å². The Labute approximate surface area is 182 Å². The van der Waals surface area contributed by atoms with Crippen LogP contribution in [0.3, 0.4) is 0 Å². The van der Waals surface area contributed by atoms with Gasteiger partial charge in [-0.05, 0) is 24.3 Å². The third-order valence-corrected chi connectivity index (χ3v) is 6.30. The highest BCUT2D eigenvalue weighted by Crippen LogP contribution is 2.31. The lowest BCUT2D eigenvalue weighted by atomic mass is 10.2. The molecule has 0 spiro atoms. The van der Waals surface area contributed by atoms with Crippen LogP contribution in [0.2, 0.25) is 0 Å². The fourth-order valence-electron chi connectivity index (χ4n) is 2.93. The van der Waals surface area contributed by atoms with Crippen LogP contribution in [0.25, 0.3) is 22.0 Å². The zero-order chi connectivity index (χ0) is 20.9. The van der Waals surface area contributed by atoms with Crippen molar-refractivity contribution in [2.24, 2.45) is 0 Å². The maximum atomic E-state index is 14.2. The quantitative estimate of drug-likeness (QED) is 0.261. The molecule has 0 fully saturated rings. The van der Waals surface area contributed by atoms with Gasteiger partial charge in [0.15, 0.2) is 11.0 Å². The van der Waals surface area contributed by atoms with E-state index in [4.69, 9.17) is 9.72 Å². The molecular weight excluding hydrogens is 419 g/mol. The van der Waals surface area contributed by atoms with Gasteiger partial charge in [0.1, 0.15) is 16.6 Å². The fraction of sp³-hybridized carbons (Fsp3) is 0.136. The second kappa shape index (κ2) is 9.23. The van der Waals surface area contributed by atoms with Crippen molar-refractivity contribution in [3.63, 3.8) is 0 Å². The largest absolute Gasteiger partial charge is 0.497 e. The number of ether oxygens (including phenoxy) is 1. The predicted octanol–water partition coefficient (Wildman–Crippen LogP) is 5.69. The summed E-state index contributed by atoms with van der Waals surface area (Å²) < 4.78 is 21.4. The lowest BCUT2D eigenvalue weighted by molar-refractivity contribution is 0.415. The minimum atomic E-state index is -0.325. The summed E-state index contributed by atoms with van der Waals surface area (Å²) in [6, 6.07) is 14.4. The van der Waals surface area contributed by atoms with Crippen LogP contribution in [-0.2, 0) is 12.3 Å². The first kappa shape index (κ1) is 20.3. The minimum absolute atomic E-state index is 0.325. The van der Waals surface area contributed by atoms with E-state index in [0.717, 1.165) is 22.0 Å². The van der Waals surface area contributed by atoms with Gasteiger partial charge in [-0.15, -0.1) is 28.1 Å². The SMILES string of the molecule is C=CCn1c(SCc2csc(-c3cccc(OC)c3)n2)nnc1-c1ccccc1F. The van der Waals surface area contributed by atoms with E-state index >= 15 is 0 Å². The second-order valence-electron chi connectivity index (χ2n) is 6.35. The van der Waals surface area contributed by atoms with Crippen molar-refractivity contribution in [1.82, 2.24) is 19.7 Å². The van der Waals surface area contributed by atoms with Crippen molar-refractivity contribution in [1.29, 1.82) is 0 Å². The highest BCUT2D eigenvalue weighted by molar-refractivity contribution is 7.98. The molecule has 0 unspecified atom stereocenters. The average molecular weight is 439 g/mol. The van der Waals surface area contributed by atoms with Gasteiger partial charge >= 0.3 is 0 Å². The molecule has 2 aromatic heterocycles. The third kappa shape index (κ3) is 4.29. The molecule has 2 heterocycles. The fourth-order valence-corrected chi connectivity index (χ4v) is 4.69. The summed E-state index contributed by atoms with van der Waals surface area (Å²) in [7, 11) is 1.65. The Hall–Kier alpha value is -2.97. The van der Waals surface area contributed by atoms with Crippen LogP contribution in [0, 0.1) is 5.82 Å². The van der Waals surface area contributed by atoms with Gasteiger partial charge in [0, 0.05) is 23.2 Å². The first-order valence-electron chi connectivity index (χ1n) is 9.20. The molecule has 0 saturated heterocycles. The van der Waals surface area contributed by atoms with Crippen LogP contribution in [-0.4, -0.2) is 26.9 Å². The van der Waals surface area contributed by atoms with Crippen molar-refractivity contribution >= 4 is 23.1 Å². The zero-order valence-electron chi connectivity index (χ0n) is 16.3. The number of aromatic nitrogens is 4. The lowest BCUT2D eigenvalue weighted by Gasteiger charge is -2.08. The molecule has 0 aliphatic heterocycles. The summed E-state index contributed by atoms with van der Waals surface area (Å²) >= 11 is 3.10. The topological polar surface area (TPSA) is 52.8 Å². The monoisotopic (exact) mass is 438 g/mol. The maximum Gasteiger partial charge on any atom is 0.192 e. The van der Waals surface area contributed by atoms with Gasteiger partial charge in [0.25, 0.3) is 0 Å². The van der Waals surface area contributed by atoms with E-state index in [1.54, 1.807) is 42.7 Å². The minimum Gasteiger partial charge on any atom is -0.497 e. The van der Waals surface area contributed by atoms with Crippen molar-refractivity contribution in [3.05, 3.63) is 78.1 Å². The van der Waals surface area contributed by atoms with Gasteiger partial charge in [-0.25, -0.2) is 9.37 Å². The van der Waals surface area contributed by atoms with Crippen LogP contribution >= 0.6 is 23.1 Å². The standard InChI is InChI=1S/C22H19FN4OS2/c1-3-11-27-20(18-9-4-5-10-19(18)23)25-26-22(27)30-14-16-13-29-21(24-16)15-7-6-8-17(12-15)28-2/h3-10,12-13H,1,11,14H2,2H3. The van der Waals surface area contributed by atoms with Crippen LogP contribution in [0.15, 0.2) is 71.7 Å². The van der Waals surface area contributed by atoms with E-state index in [2.05, 4.69) is 16.8 Å². The predicted molar refractivity (Wildman–Crippen MR) is 119 cm³/mol. The second-order valence-corrected chi connectivity index (χ2v) is 8.15. The zero-order valence-corrected chi connectivity index (χ0v) is 17.9. The molecule has 5 nitrogen and oxygen atoms in total. The molecule has 0 bridgehead atoms.